The van der Waals surface area contributed by atoms with Crippen LogP contribution in [0.25, 0.3) is 0 Å². The number of thiazole rings is 1. The molecule has 0 aliphatic carbocycles. The van der Waals surface area contributed by atoms with Gasteiger partial charge in [-0.05, 0) is 31.5 Å². The first-order valence-corrected chi connectivity index (χ1v) is 10.7. The first-order chi connectivity index (χ1) is 14.3. The largest absolute Gasteiger partial charge is 0.490 e. The first kappa shape index (κ1) is 21.8. The van der Waals surface area contributed by atoms with Crippen LogP contribution in [0.5, 0.6) is 17.4 Å². The molecule has 0 atom stereocenters. The van der Waals surface area contributed by atoms with Gasteiger partial charge in [0.25, 0.3) is 5.91 Å². The molecule has 158 valence electrons. The SMILES string of the molecule is CCOc1ccccc1Oc1ccc(CNC(=O)c2sc(C(C)(C)C)nc2C)cn1. The van der Waals surface area contributed by atoms with Gasteiger partial charge in [-0.1, -0.05) is 39.0 Å². The molecule has 0 bridgehead atoms. The van der Waals surface area contributed by atoms with Crippen LogP contribution in [-0.4, -0.2) is 22.5 Å². The van der Waals surface area contributed by atoms with Crippen molar-refractivity contribution in [2.75, 3.05) is 6.61 Å². The van der Waals surface area contributed by atoms with Crippen molar-refractivity contribution in [3.8, 4) is 17.4 Å². The number of rotatable bonds is 7. The molecule has 0 unspecified atom stereocenters. The number of carbonyl (C=O) groups is 1. The molecule has 3 aromatic rings. The lowest BCUT2D eigenvalue weighted by Crippen LogP contribution is -2.22. The molecule has 0 aliphatic heterocycles. The fourth-order valence-corrected chi connectivity index (χ4v) is 3.73. The number of pyridine rings is 1. The van der Waals surface area contributed by atoms with E-state index < -0.39 is 0 Å². The lowest BCUT2D eigenvalue weighted by atomic mass is 9.98. The molecular formula is C23H27N3O3S. The average molecular weight is 426 g/mol. The smallest absolute Gasteiger partial charge is 0.263 e. The minimum Gasteiger partial charge on any atom is -0.490 e. The highest BCUT2D eigenvalue weighted by atomic mass is 32.1. The van der Waals surface area contributed by atoms with Crippen molar-refractivity contribution in [2.45, 2.75) is 46.6 Å². The van der Waals surface area contributed by atoms with E-state index in [0.717, 1.165) is 16.3 Å². The first-order valence-electron chi connectivity index (χ1n) is 9.88. The summed E-state index contributed by atoms with van der Waals surface area (Å²) in [5, 5.41) is 3.91. The molecule has 2 aromatic heterocycles. The summed E-state index contributed by atoms with van der Waals surface area (Å²) in [5.41, 5.74) is 1.57. The maximum Gasteiger partial charge on any atom is 0.263 e. The van der Waals surface area contributed by atoms with Gasteiger partial charge >= 0.3 is 0 Å². The molecule has 0 saturated heterocycles. The van der Waals surface area contributed by atoms with Gasteiger partial charge in [-0.25, -0.2) is 9.97 Å². The minimum atomic E-state index is -0.119. The Hall–Kier alpha value is -2.93. The van der Waals surface area contributed by atoms with E-state index >= 15 is 0 Å². The number of amides is 1. The van der Waals surface area contributed by atoms with Crippen LogP contribution in [0.15, 0.2) is 42.6 Å². The standard InChI is InChI=1S/C23H27N3O3S/c1-6-28-17-9-7-8-10-18(17)29-19-12-11-16(13-24-19)14-25-21(27)20-15(2)26-22(30-20)23(3,4)5/h7-13H,6,14H2,1-5H3,(H,25,27). The Morgan fingerprint density at radius 2 is 1.87 bits per heavy atom. The topological polar surface area (TPSA) is 73.3 Å². The van der Waals surface area contributed by atoms with Crippen molar-refractivity contribution in [1.29, 1.82) is 0 Å². The number of para-hydroxylation sites is 2. The zero-order valence-electron chi connectivity index (χ0n) is 18.0. The van der Waals surface area contributed by atoms with Gasteiger partial charge in [0.2, 0.25) is 5.88 Å². The third-order valence-corrected chi connectivity index (χ3v) is 5.84. The van der Waals surface area contributed by atoms with Crippen LogP contribution in [0.2, 0.25) is 0 Å². The van der Waals surface area contributed by atoms with Gasteiger partial charge in [0.1, 0.15) is 4.88 Å². The van der Waals surface area contributed by atoms with Gasteiger partial charge in [-0.2, -0.15) is 0 Å². The van der Waals surface area contributed by atoms with Crippen molar-refractivity contribution in [2.24, 2.45) is 0 Å². The van der Waals surface area contributed by atoms with Crippen LogP contribution >= 0.6 is 11.3 Å². The molecule has 2 heterocycles. The van der Waals surface area contributed by atoms with E-state index in [2.05, 4.69) is 36.1 Å². The van der Waals surface area contributed by atoms with E-state index in [0.29, 0.717) is 35.4 Å². The van der Waals surface area contributed by atoms with E-state index in [-0.39, 0.29) is 11.3 Å². The number of aryl methyl sites for hydroxylation is 1. The van der Waals surface area contributed by atoms with Crippen molar-refractivity contribution >= 4 is 17.2 Å². The zero-order valence-corrected chi connectivity index (χ0v) is 18.8. The molecule has 7 heteroatoms. The number of nitrogens with zero attached hydrogens (tertiary/aromatic N) is 2. The van der Waals surface area contributed by atoms with Gasteiger partial charge in [0, 0.05) is 24.2 Å². The van der Waals surface area contributed by atoms with Gasteiger partial charge in [0.15, 0.2) is 11.5 Å². The molecule has 0 spiro atoms. The Labute approximate surface area is 181 Å². The van der Waals surface area contributed by atoms with Crippen LogP contribution in [0.1, 0.15) is 53.6 Å². The van der Waals surface area contributed by atoms with Crippen molar-refractivity contribution in [3.05, 3.63) is 63.7 Å². The number of hydrogen-bond donors (Lipinski definition) is 1. The van der Waals surface area contributed by atoms with Gasteiger partial charge in [0.05, 0.1) is 17.3 Å². The average Bonchev–Trinajstić information content (AvgIpc) is 3.11. The van der Waals surface area contributed by atoms with Crippen molar-refractivity contribution in [1.82, 2.24) is 15.3 Å². The highest BCUT2D eigenvalue weighted by Gasteiger charge is 2.23. The third kappa shape index (κ3) is 5.36. The second-order valence-electron chi connectivity index (χ2n) is 7.85. The molecule has 6 nitrogen and oxygen atoms in total. The minimum absolute atomic E-state index is 0.0749. The molecule has 3 rings (SSSR count). The predicted molar refractivity (Wildman–Crippen MR) is 119 cm³/mol. The highest BCUT2D eigenvalue weighted by molar-refractivity contribution is 7.14. The Balaban J connectivity index is 1.61. The van der Waals surface area contributed by atoms with Crippen molar-refractivity contribution < 1.29 is 14.3 Å². The molecule has 0 aliphatic rings. The number of aromatic nitrogens is 2. The van der Waals surface area contributed by atoms with Crippen LogP contribution in [0.3, 0.4) is 0 Å². The summed E-state index contributed by atoms with van der Waals surface area (Å²) >= 11 is 1.45. The second-order valence-corrected chi connectivity index (χ2v) is 8.85. The lowest BCUT2D eigenvalue weighted by Gasteiger charge is -2.13. The van der Waals surface area contributed by atoms with Crippen LogP contribution < -0.4 is 14.8 Å². The Morgan fingerprint density at radius 3 is 2.47 bits per heavy atom. The van der Waals surface area contributed by atoms with Gasteiger partial charge in [-0.3, -0.25) is 4.79 Å². The molecule has 1 amide bonds. The van der Waals surface area contributed by atoms with Crippen LogP contribution in [0, 0.1) is 6.92 Å². The van der Waals surface area contributed by atoms with Gasteiger partial charge < -0.3 is 14.8 Å². The summed E-state index contributed by atoms with van der Waals surface area (Å²) in [7, 11) is 0. The normalized spacial score (nSPS) is 11.2. The number of hydrogen-bond acceptors (Lipinski definition) is 6. The summed E-state index contributed by atoms with van der Waals surface area (Å²) in [6.07, 6.45) is 1.69. The van der Waals surface area contributed by atoms with E-state index in [9.17, 15) is 4.79 Å². The summed E-state index contributed by atoms with van der Waals surface area (Å²) in [6.45, 7) is 11.0. The lowest BCUT2D eigenvalue weighted by molar-refractivity contribution is 0.0954. The summed E-state index contributed by atoms with van der Waals surface area (Å²) in [6, 6.07) is 11.1. The van der Waals surface area contributed by atoms with E-state index in [1.54, 1.807) is 12.3 Å². The number of nitrogens with one attached hydrogen (secondary N) is 1. The fraction of sp³-hybridized carbons (Fsp3) is 0.348. The van der Waals surface area contributed by atoms with Crippen LogP contribution in [-0.2, 0) is 12.0 Å². The monoisotopic (exact) mass is 425 g/mol. The van der Waals surface area contributed by atoms with E-state index in [4.69, 9.17) is 9.47 Å². The zero-order chi connectivity index (χ0) is 21.7. The van der Waals surface area contributed by atoms with Gasteiger partial charge in [-0.15, -0.1) is 11.3 Å². The molecule has 1 aromatic carbocycles. The Bertz CT molecular complexity index is 1010. The maximum atomic E-state index is 12.6. The second kappa shape index (κ2) is 9.26. The van der Waals surface area contributed by atoms with Crippen LogP contribution in [0.4, 0.5) is 0 Å². The number of carbonyl (C=O) groups excluding carboxylic acids is 1. The molecule has 0 fully saturated rings. The molecule has 1 N–H and O–H groups in total. The van der Waals surface area contributed by atoms with E-state index in [1.165, 1.54) is 11.3 Å². The summed E-state index contributed by atoms with van der Waals surface area (Å²) in [5.74, 6) is 1.63. The summed E-state index contributed by atoms with van der Waals surface area (Å²) < 4.78 is 11.4. The Kier molecular flexibility index (Phi) is 6.72. The maximum absolute atomic E-state index is 12.6. The fourth-order valence-electron chi connectivity index (χ4n) is 2.69. The molecule has 0 saturated carbocycles. The number of ether oxygens (including phenoxy) is 2. The molecular weight excluding hydrogens is 398 g/mol. The number of benzene rings is 1. The summed E-state index contributed by atoms with van der Waals surface area (Å²) in [4.78, 5) is 22.1. The van der Waals surface area contributed by atoms with E-state index in [1.807, 2.05) is 44.2 Å². The van der Waals surface area contributed by atoms with Crippen molar-refractivity contribution in [3.63, 3.8) is 0 Å². The molecule has 30 heavy (non-hydrogen) atoms. The predicted octanol–water partition coefficient (Wildman–Crippen LogP) is 5.27. The third-order valence-electron chi connectivity index (χ3n) is 4.26. The highest BCUT2D eigenvalue weighted by Crippen LogP contribution is 2.31. The molecule has 0 radical (unpaired) electrons. The quantitative estimate of drug-likeness (QED) is 0.559. The Morgan fingerprint density at radius 1 is 1.13 bits per heavy atom.